The Kier molecular flexibility index (Phi) is 5.89. The first-order valence-corrected chi connectivity index (χ1v) is 12.1. The van der Waals surface area contributed by atoms with Crippen LogP contribution in [0.2, 0.25) is 0 Å². The number of pyridine rings is 1. The molecule has 0 N–H and O–H groups in total. The first kappa shape index (κ1) is 22.8. The minimum Gasteiger partial charge on any atom is -0.352 e. The molecule has 0 aliphatic carbocycles. The molecule has 3 aliphatic heterocycles. The van der Waals surface area contributed by atoms with Crippen molar-refractivity contribution in [2.75, 3.05) is 42.5 Å². The summed E-state index contributed by atoms with van der Waals surface area (Å²) in [5, 5.41) is 9.33. The summed E-state index contributed by atoms with van der Waals surface area (Å²) in [6.45, 7) is 4.73. The highest BCUT2D eigenvalue weighted by Gasteiger charge is 2.52. The topological polar surface area (TPSA) is 101 Å². The van der Waals surface area contributed by atoms with Crippen molar-refractivity contribution in [2.45, 2.75) is 38.3 Å². The second-order valence-corrected chi connectivity index (χ2v) is 9.38. The van der Waals surface area contributed by atoms with Crippen molar-refractivity contribution >= 4 is 29.2 Å². The van der Waals surface area contributed by atoms with Gasteiger partial charge in [0, 0.05) is 51.8 Å². The van der Waals surface area contributed by atoms with E-state index >= 15 is 0 Å². The molecule has 2 saturated heterocycles. The number of nitrogens with zero attached hydrogens (tertiary/aromatic N) is 6. The fraction of sp³-hybridized carbons (Fsp3) is 0.423. The van der Waals surface area contributed by atoms with Gasteiger partial charge in [0.05, 0.1) is 16.8 Å². The number of anilines is 2. The van der Waals surface area contributed by atoms with Crippen molar-refractivity contribution in [1.82, 2.24) is 14.8 Å². The molecule has 180 valence electrons. The van der Waals surface area contributed by atoms with Crippen LogP contribution in [-0.2, 0) is 9.59 Å². The zero-order valence-electron chi connectivity index (χ0n) is 19.8. The molecule has 0 bridgehead atoms. The second kappa shape index (κ2) is 9.02. The molecular formula is C26H28N6O3. The maximum Gasteiger partial charge on any atom is 0.257 e. The molecule has 5 rings (SSSR count). The van der Waals surface area contributed by atoms with Gasteiger partial charge in [0.15, 0.2) is 0 Å². The number of para-hydroxylation sites is 1. The molecule has 9 heteroatoms. The third-order valence-electron chi connectivity index (χ3n) is 7.36. The van der Waals surface area contributed by atoms with Gasteiger partial charge in [0.25, 0.3) is 5.91 Å². The predicted octanol–water partition coefficient (Wildman–Crippen LogP) is 2.38. The molecular weight excluding hydrogens is 444 g/mol. The van der Waals surface area contributed by atoms with Crippen molar-refractivity contribution in [2.24, 2.45) is 0 Å². The lowest BCUT2D eigenvalue weighted by Crippen LogP contribution is -2.62. The van der Waals surface area contributed by atoms with Gasteiger partial charge in [0.2, 0.25) is 11.8 Å². The van der Waals surface area contributed by atoms with Crippen LogP contribution in [0.25, 0.3) is 0 Å². The van der Waals surface area contributed by atoms with E-state index < -0.39 is 5.66 Å². The van der Waals surface area contributed by atoms with Gasteiger partial charge in [-0.05, 0) is 44.0 Å². The Morgan fingerprint density at radius 1 is 1.11 bits per heavy atom. The Bertz CT molecular complexity index is 1220. The number of fused-ring (bicyclic) bond motifs is 3. The Labute approximate surface area is 204 Å². The lowest BCUT2D eigenvalue weighted by atomic mass is 9.98. The molecule has 2 fully saturated rings. The Morgan fingerprint density at radius 3 is 2.66 bits per heavy atom. The lowest BCUT2D eigenvalue weighted by molar-refractivity contribution is -0.131. The van der Waals surface area contributed by atoms with Crippen LogP contribution in [0.3, 0.4) is 0 Å². The van der Waals surface area contributed by atoms with Crippen LogP contribution in [-0.4, -0.2) is 70.9 Å². The largest absolute Gasteiger partial charge is 0.352 e. The number of nitriles is 1. The molecule has 1 unspecified atom stereocenters. The maximum absolute atomic E-state index is 13.3. The first-order chi connectivity index (χ1) is 16.9. The molecule has 1 atom stereocenters. The van der Waals surface area contributed by atoms with Crippen LogP contribution < -0.4 is 9.80 Å². The van der Waals surface area contributed by atoms with Crippen molar-refractivity contribution in [1.29, 1.82) is 5.26 Å². The van der Waals surface area contributed by atoms with E-state index in [9.17, 15) is 19.6 Å². The molecule has 2 aromatic rings. The van der Waals surface area contributed by atoms with Gasteiger partial charge in [0.1, 0.15) is 17.5 Å². The fourth-order valence-corrected chi connectivity index (χ4v) is 5.49. The van der Waals surface area contributed by atoms with E-state index in [0.29, 0.717) is 81.0 Å². The van der Waals surface area contributed by atoms with E-state index in [1.165, 1.54) is 0 Å². The fourth-order valence-electron chi connectivity index (χ4n) is 5.49. The summed E-state index contributed by atoms with van der Waals surface area (Å²) >= 11 is 0. The molecule has 1 aromatic carbocycles. The van der Waals surface area contributed by atoms with Crippen molar-refractivity contribution in [3.8, 4) is 6.07 Å². The lowest BCUT2D eigenvalue weighted by Gasteiger charge is -2.48. The van der Waals surface area contributed by atoms with Crippen LogP contribution in [0.15, 0.2) is 42.6 Å². The number of amides is 3. The SMILES string of the molecule is CC12CCC(=O)N1c1ccccc1C(=O)N2CCCC(=O)N1CCN(c2ncccc2C#N)CC1. The Balaban J connectivity index is 1.20. The number of benzene rings is 1. The smallest absolute Gasteiger partial charge is 0.257 e. The summed E-state index contributed by atoms with van der Waals surface area (Å²) in [5.74, 6) is 0.660. The molecule has 0 spiro atoms. The third kappa shape index (κ3) is 3.89. The van der Waals surface area contributed by atoms with Crippen LogP contribution in [0.4, 0.5) is 11.5 Å². The number of hydrogen-bond donors (Lipinski definition) is 0. The van der Waals surface area contributed by atoms with Gasteiger partial charge in [-0.3, -0.25) is 19.3 Å². The highest BCUT2D eigenvalue weighted by atomic mass is 16.2. The molecule has 0 radical (unpaired) electrons. The van der Waals surface area contributed by atoms with E-state index in [2.05, 4.69) is 11.1 Å². The minimum atomic E-state index is -0.696. The molecule has 1 aromatic heterocycles. The highest BCUT2D eigenvalue weighted by molar-refractivity contribution is 6.10. The highest BCUT2D eigenvalue weighted by Crippen LogP contribution is 2.44. The van der Waals surface area contributed by atoms with Gasteiger partial charge in [-0.2, -0.15) is 5.26 Å². The molecule has 9 nitrogen and oxygen atoms in total. The number of aromatic nitrogens is 1. The molecule has 3 aliphatic rings. The summed E-state index contributed by atoms with van der Waals surface area (Å²) in [6.07, 6.45) is 3.53. The van der Waals surface area contributed by atoms with Crippen molar-refractivity contribution in [3.63, 3.8) is 0 Å². The van der Waals surface area contributed by atoms with Crippen LogP contribution in [0.1, 0.15) is 48.5 Å². The number of carbonyl (C=O) groups excluding carboxylic acids is 3. The zero-order valence-corrected chi connectivity index (χ0v) is 19.8. The number of piperazine rings is 1. The van der Waals surface area contributed by atoms with Gasteiger partial charge in [-0.15, -0.1) is 0 Å². The summed E-state index contributed by atoms with van der Waals surface area (Å²) in [6, 6.07) is 12.9. The summed E-state index contributed by atoms with van der Waals surface area (Å²) < 4.78 is 0. The average molecular weight is 473 g/mol. The number of carbonyl (C=O) groups is 3. The summed E-state index contributed by atoms with van der Waals surface area (Å²) in [5.41, 5.74) is 1.06. The number of rotatable bonds is 5. The van der Waals surface area contributed by atoms with Crippen molar-refractivity contribution in [3.05, 3.63) is 53.7 Å². The average Bonchev–Trinajstić information content (AvgIpc) is 3.20. The standard InChI is InChI=1S/C26H28N6O3/c1-26-11-10-23(34)32(26)21-8-3-2-7-20(21)25(35)31(26)13-5-9-22(33)29-14-16-30(17-15-29)24-19(18-27)6-4-12-28-24/h2-4,6-8,12H,5,9-11,13-17H2,1H3. The molecule has 4 heterocycles. The van der Waals surface area contributed by atoms with Crippen LogP contribution in [0, 0.1) is 11.3 Å². The summed E-state index contributed by atoms with van der Waals surface area (Å²) in [4.78, 5) is 50.7. The van der Waals surface area contributed by atoms with Crippen LogP contribution in [0.5, 0.6) is 0 Å². The summed E-state index contributed by atoms with van der Waals surface area (Å²) in [7, 11) is 0. The zero-order chi connectivity index (χ0) is 24.6. The maximum atomic E-state index is 13.3. The normalized spacial score (nSPS) is 21.6. The first-order valence-electron chi connectivity index (χ1n) is 12.1. The number of hydrogen-bond acceptors (Lipinski definition) is 6. The minimum absolute atomic E-state index is 0.0267. The van der Waals surface area contributed by atoms with Gasteiger partial charge in [-0.1, -0.05) is 12.1 Å². The van der Waals surface area contributed by atoms with E-state index in [-0.39, 0.29) is 17.7 Å². The predicted molar refractivity (Wildman–Crippen MR) is 130 cm³/mol. The van der Waals surface area contributed by atoms with E-state index in [1.54, 1.807) is 34.2 Å². The Hall–Kier alpha value is -3.93. The quantitative estimate of drug-likeness (QED) is 0.662. The second-order valence-electron chi connectivity index (χ2n) is 9.38. The van der Waals surface area contributed by atoms with Gasteiger partial charge >= 0.3 is 0 Å². The van der Waals surface area contributed by atoms with Gasteiger partial charge in [-0.25, -0.2) is 4.98 Å². The molecule has 35 heavy (non-hydrogen) atoms. The molecule has 3 amide bonds. The van der Waals surface area contributed by atoms with E-state index in [0.717, 1.165) is 0 Å². The van der Waals surface area contributed by atoms with Gasteiger partial charge < -0.3 is 14.7 Å². The van der Waals surface area contributed by atoms with Crippen LogP contribution >= 0.6 is 0 Å². The monoisotopic (exact) mass is 472 g/mol. The van der Waals surface area contributed by atoms with Crippen molar-refractivity contribution < 1.29 is 14.4 Å². The van der Waals surface area contributed by atoms with E-state index in [1.807, 2.05) is 34.9 Å². The van der Waals surface area contributed by atoms with E-state index in [4.69, 9.17) is 0 Å². The Morgan fingerprint density at radius 2 is 1.89 bits per heavy atom. The molecule has 0 saturated carbocycles. The third-order valence-corrected chi connectivity index (χ3v) is 7.36.